The van der Waals surface area contributed by atoms with Gasteiger partial charge in [0, 0.05) is 23.1 Å². The molecule has 130 valence electrons. The lowest BCUT2D eigenvalue weighted by Gasteiger charge is -2.30. The van der Waals surface area contributed by atoms with Gasteiger partial charge in [0.05, 0.1) is 0 Å². The van der Waals surface area contributed by atoms with Crippen molar-refractivity contribution in [3.8, 4) is 0 Å². The van der Waals surface area contributed by atoms with Gasteiger partial charge in [0.25, 0.3) is 5.56 Å². The third-order valence-corrected chi connectivity index (χ3v) is 5.38. The standard InChI is InChI=1S/C17H22BrN3O3/c18-12-9-13(15(22)19-10-12)20-16(23)14-7-4-8-21(14)17(24)11-5-2-1-3-6-11/h9-11,14H,1-8H2,(H,19,22)(H,20,23). The van der Waals surface area contributed by atoms with Crippen LogP contribution in [0.3, 0.4) is 0 Å². The molecular weight excluding hydrogens is 374 g/mol. The van der Waals surface area contributed by atoms with Crippen molar-refractivity contribution in [1.82, 2.24) is 9.88 Å². The summed E-state index contributed by atoms with van der Waals surface area (Å²) in [6.07, 6.45) is 8.22. The lowest BCUT2D eigenvalue weighted by atomic mass is 9.88. The molecule has 1 unspecified atom stereocenters. The zero-order valence-electron chi connectivity index (χ0n) is 13.5. The van der Waals surface area contributed by atoms with E-state index in [0.717, 1.165) is 32.1 Å². The van der Waals surface area contributed by atoms with Crippen molar-refractivity contribution in [2.45, 2.75) is 51.0 Å². The number of aromatic amines is 1. The molecular formula is C17H22BrN3O3. The number of halogens is 1. The lowest BCUT2D eigenvalue weighted by Crippen LogP contribution is -2.46. The Hall–Kier alpha value is -1.63. The summed E-state index contributed by atoms with van der Waals surface area (Å²) in [5.74, 6) is -0.114. The molecule has 0 radical (unpaired) electrons. The fraction of sp³-hybridized carbons (Fsp3) is 0.588. The second-order valence-corrected chi connectivity index (χ2v) is 7.49. The van der Waals surface area contributed by atoms with Gasteiger partial charge in [-0.25, -0.2) is 0 Å². The van der Waals surface area contributed by atoms with Crippen LogP contribution in [0.15, 0.2) is 21.5 Å². The van der Waals surface area contributed by atoms with Gasteiger partial charge < -0.3 is 15.2 Å². The van der Waals surface area contributed by atoms with E-state index in [0.29, 0.717) is 17.4 Å². The molecule has 2 aliphatic rings. The molecule has 2 fully saturated rings. The Balaban J connectivity index is 1.70. The number of nitrogens with one attached hydrogen (secondary N) is 2. The molecule has 1 aliphatic carbocycles. The van der Waals surface area contributed by atoms with E-state index in [4.69, 9.17) is 0 Å². The first-order valence-corrected chi connectivity index (χ1v) is 9.35. The third kappa shape index (κ3) is 3.71. The van der Waals surface area contributed by atoms with Crippen LogP contribution in [0.5, 0.6) is 0 Å². The summed E-state index contributed by atoms with van der Waals surface area (Å²) in [5, 5.41) is 2.67. The van der Waals surface area contributed by atoms with Crippen molar-refractivity contribution in [3.63, 3.8) is 0 Å². The minimum Gasteiger partial charge on any atom is -0.330 e. The van der Waals surface area contributed by atoms with Crippen LogP contribution in [-0.2, 0) is 9.59 Å². The number of nitrogens with zero attached hydrogens (tertiary/aromatic N) is 1. The molecule has 6 nitrogen and oxygen atoms in total. The number of hydrogen-bond donors (Lipinski definition) is 2. The highest BCUT2D eigenvalue weighted by Gasteiger charge is 2.37. The van der Waals surface area contributed by atoms with E-state index in [1.807, 2.05) is 0 Å². The van der Waals surface area contributed by atoms with Crippen LogP contribution in [0.2, 0.25) is 0 Å². The molecule has 2 heterocycles. The molecule has 1 aliphatic heterocycles. The van der Waals surface area contributed by atoms with Gasteiger partial charge in [0.2, 0.25) is 11.8 Å². The maximum atomic E-state index is 12.8. The first kappa shape index (κ1) is 17.2. The number of pyridine rings is 1. The fourth-order valence-electron chi connectivity index (χ4n) is 3.65. The maximum Gasteiger partial charge on any atom is 0.271 e. The molecule has 1 aromatic rings. The summed E-state index contributed by atoms with van der Waals surface area (Å²) in [5.41, 5.74) is -0.152. The van der Waals surface area contributed by atoms with E-state index >= 15 is 0 Å². The minimum atomic E-state index is -0.474. The molecule has 1 atom stereocenters. The number of rotatable bonds is 3. The number of anilines is 1. The number of carbonyl (C=O) groups is 2. The first-order chi connectivity index (χ1) is 11.6. The first-order valence-electron chi connectivity index (χ1n) is 8.56. The Morgan fingerprint density at radius 2 is 1.92 bits per heavy atom. The molecule has 1 saturated heterocycles. The van der Waals surface area contributed by atoms with Gasteiger partial charge in [-0.2, -0.15) is 0 Å². The Kier molecular flexibility index (Phi) is 5.38. The Morgan fingerprint density at radius 1 is 1.17 bits per heavy atom. The van der Waals surface area contributed by atoms with Gasteiger partial charge in [-0.3, -0.25) is 14.4 Å². The van der Waals surface area contributed by atoms with Crippen molar-refractivity contribution in [2.75, 3.05) is 11.9 Å². The molecule has 0 bridgehead atoms. The largest absolute Gasteiger partial charge is 0.330 e. The number of H-pyrrole nitrogens is 1. The van der Waals surface area contributed by atoms with Crippen LogP contribution >= 0.6 is 15.9 Å². The third-order valence-electron chi connectivity index (χ3n) is 4.92. The van der Waals surface area contributed by atoms with Gasteiger partial charge in [-0.1, -0.05) is 19.3 Å². The quantitative estimate of drug-likeness (QED) is 0.824. The second-order valence-electron chi connectivity index (χ2n) is 6.57. The fourth-order valence-corrected chi connectivity index (χ4v) is 4.00. The summed E-state index contributed by atoms with van der Waals surface area (Å²) in [6, 6.07) is 1.09. The average molecular weight is 396 g/mol. The van der Waals surface area contributed by atoms with E-state index in [-0.39, 0.29) is 29.0 Å². The molecule has 24 heavy (non-hydrogen) atoms. The summed E-state index contributed by atoms with van der Waals surface area (Å²) in [6.45, 7) is 0.627. The lowest BCUT2D eigenvalue weighted by molar-refractivity contribution is -0.141. The zero-order valence-corrected chi connectivity index (χ0v) is 15.1. The highest BCUT2D eigenvalue weighted by atomic mass is 79.9. The van der Waals surface area contributed by atoms with Crippen LogP contribution in [0.4, 0.5) is 5.69 Å². The number of likely N-dealkylation sites (tertiary alicyclic amines) is 1. The monoisotopic (exact) mass is 395 g/mol. The summed E-state index contributed by atoms with van der Waals surface area (Å²) in [7, 11) is 0. The van der Waals surface area contributed by atoms with E-state index in [1.165, 1.54) is 12.6 Å². The predicted molar refractivity (Wildman–Crippen MR) is 94.7 cm³/mol. The van der Waals surface area contributed by atoms with Crippen molar-refractivity contribution in [1.29, 1.82) is 0 Å². The SMILES string of the molecule is O=C(Nc1cc(Br)c[nH]c1=O)C1CCCN1C(=O)C1CCCCC1. The molecule has 0 aromatic carbocycles. The van der Waals surface area contributed by atoms with Crippen molar-refractivity contribution >= 4 is 33.4 Å². The van der Waals surface area contributed by atoms with Gasteiger partial charge >= 0.3 is 0 Å². The predicted octanol–water partition coefficient (Wildman–Crippen LogP) is 2.65. The van der Waals surface area contributed by atoms with Crippen LogP contribution in [0.25, 0.3) is 0 Å². The van der Waals surface area contributed by atoms with Gasteiger partial charge in [0.1, 0.15) is 11.7 Å². The molecule has 1 saturated carbocycles. The molecule has 2 N–H and O–H groups in total. The van der Waals surface area contributed by atoms with Crippen molar-refractivity contribution < 1.29 is 9.59 Å². The minimum absolute atomic E-state index is 0.0569. The van der Waals surface area contributed by atoms with Crippen LogP contribution < -0.4 is 10.9 Å². The van der Waals surface area contributed by atoms with Gasteiger partial charge in [-0.15, -0.1) is 0 Å². The molecule has 3 rings (SSSR count). The Labute approximate surface area is 149 Å². The van der Waals surface area contributed by atoms with E-state index in [1.54, 1.807) is 11.0 Å². The smallest absolute Gasteiger partial charge is 0.271 e. The molecule has 2 amide bonds. The summed E-state index contributed by atoms with van der Waals surface area (Å²) < 4.78 is 0.680. The number of amides is 2. The van der Waals surface area contributed by atoms with Crippen LogP contribution in [0, 0.1) is 5.92 Å². The molecule has 0 spiro atoms. The number of carbonyl (C=O) groups excluding carboxylic acids is 2. The summed E-state index contributed by atoms with van der Waals surface area (Å²) >= 11 is 3.27. The summed E-state index contributed by atoms with van der Waals surface area (Å²) in [4.78, 5) is 41.4. The highest BCUT2D eigenvalue weighted by molar-refractivity contribution is 9.10. The molecule has 1 aromatic heterocycles. The van der Waals surface area contributed by atoms with Crippen LogP contribution in [-0.4, -0.2) is 34.3 Å². The van der Waals surface area contributed by atoms with Crippen molar-refractivity contribution in [2.24, 2.45) is 5.92 Å². The average Bonchev–Trinajstić information content (AvgIpc) is 3.08. The number of aromatic nitrogens is 1. The van der Waals surface area contributed by atoms with E-state index in [2.05, 4.69) is 26.2 Å². The topological polar surface area (TPSA) is 82.3 Å². The maximum absolute atomic E-state index is 12.8. The van der Waals surface area contributed by atoms with Crippen LogP contribution in [0.1, 0.15) is 44.9 Å². The normalized spacial score (nSPS) is 21.7. The second kappa shape index (κ2) is 7.51. The zero-order chi connectivity index (χ0) is 17.1. The van der Waals surface area contributed by atoms with Crippen molar-refractivity contribution in [3.05, 3.63) is 27.1 Å². The van der Waals surface area contributed by atoms with Gasteiger partial charge in [-0.05, 0) is 47.7 Å². The molecule has 7 heteroatoms. The highest BCUT2D eigenvalue weighted by Crippen LogP contribution is 2.29. The number of hydrogen-bond acceptors (Lipinski definition) is 3. The van der Waals surface area contributed by atoms with E-state index < -0.39 is 6.04 Å². The Morgan fingerprint density at radius 3 is 2.67 bits per heavy atom. The van der Waals surface area contributed by atoms with Gasteiger partial charge in [0.15, 0.2) is 0 Å². The Bertz CT molecular complexity index is 682. The van der Waals surface area contributed by atoms with E-state index in [9.17, 15) is 14.4 Å².